The van der Waals surface area contributed by atoms with Gasteiger partial charge < -0.3 is 10.5 Å². The Kier molecular flexibility index (Phi) is 3.62. The van der Waals surface area contributed by atoms with Crippen LogP contribution in [-0.2, 0) is 9.59 Å². The molecule has 0 aromatic heterocycles. The maximum Gasteiger partial charge on any atom is 0.308 e. The molecule has 15 heavy (non-hydrogen) atoms. The molecule has 0 aliphatic rings. The molecule has 0 spiro atoms. The fourth-order valence-electron chi connectivity index (χ4n) is 1.04. The molecule has 1 aromatic carbocycles. The van der Waals surface area contributed by atoms with Crippen LogP contribution in [0.1, 0.15) is 12.5 Å². The van der Waals surface area contributed by atoms with Gasteiger partial charge in [0.1, 0.15) is 5.75 Å². The SMILES string of the molecule is CC(=O)Oc1ccccc1/C=C/C(N)=O. The molecular formula is C11H11NO3. The number of para-hydroxylation sites is 1. The number of hydrogen-bond donors (Lipinski definition) is 1. The zero-order valence-corrected chi connectivity index (χ0v) is 8.27. The van der Waals surface area contributed by atoms with E-state index in [0.29, 0.717) is 11.3 Å². The molecule has 0 aliphatic carbocycles. The van der Waals surface area contributed by atoms with Crippen LogP contribution in [0.15, 0.2) is 30.3 Å². The number of esters is 1. The lowest BCUT2D eigenvalue weighted by atomic mass is 10.2. The number of hydrogen-bond acceptors (Lipinski definition) is 3. The van der Waals surface area contributed by atoms with Gasteiger partial charge in [0.05, 0.1) is 0 Å². The van der Waals surface area contributed by atoms with Crippen LogP contribution in [0, 0.1) is 0 Å². The molecule has 4 nitrogen and oxygen atoms in total. The standard InChI is InChI=1S/C11H11NO3/c1-8(13)15-10-5-3-2-4-9(10)6-7-11(12)14/h2-7H,1H3,(H2,12,14)/b7-6+. The predicted octanol–water partition coefficient (Wildman–Crippen LogP) is 1.11. The van der Waals surface area contributed by atoms with Crippen LogP contribution in [0.2, 0.25) is 0 Å². The molecule has 1 amide bonds. The van der Waals surface area contributed by atoms with Gasteiger partial charge in [0.2, 0.25) is 5.91 Å². The van der Waals surface area contributed by atoms with Crippen molar-refractivity contribution in [3.05, 3.63) is 35.9 Å². The van der Waals surface area contributed by atoms with Crippen molar-refractivity contribution in [2.24, 2.45) is 5.73 Å². The summed E-state index contributed by atoms with van der Waals surface area (Å²) in [6.07, 6.45) is 2.71. The van der Waals surface area contributed by atoms with Crippen LogP contribution in [0.4, 0.5) is 0 Å². The molecule has 0 saturated carbocycles. The summed E-state index contributed by atoms with van der Waals surface area (Å²) < 4.78 is 4.94. The van der Waals surface area contributed by atoms with Gasteiger partial charge in [-0.25, -0.2) is 0 Å². The Morgan fingerprint density at radius 3 is 2.60 bits per heavy atom. The highest BCUT2D eigenvalue weighted by atomic mass is 16.5. The van der Waals surface area contributed by atoms with Gasteiger partial charge in [-0.3, -0.25) is 9.59 Å². The number of primary amides is 1. The maximum absolute atomic E-state index is 10.8. The average Bonchev–Trinajstić information content (AvgIpc) is 2.15. The second kappa shape index (κ2) is 4.95. The van der Waals surface area contributed by atoms with Crippen molar-refractivity contribution in [3.8, 4) is 5.75 Å². The summed E-state index contributed by atoms with van der Waals surface area (Å²) in [6, 6.07) is 6.87. The molecular weight excluding hydrogens is 194 g/mol. The highest BCUT2D eigenvalue weighted by molar-refractivity contribution is 5.90. The molecule has 0 radical (unpaired) electrons. The average molecular weight is 205 g/mol. The summed E-state index contributed by atoms with van der Waals surface area (Å²) in [5.74, 6) is -0.551. The van der Waals surface area contributed by atoms with Crippen molar-refractivity contribution in [1.29, 1.82) is 0 Å². The Morgan fingerprint density at radius 1 is 1.33 bits per heavy atom. The quantitative estimate of drug-likeness (QED) is 0.456. The minimum Gasteiger partial charge on any atom is -0.426 e. The molecule has 78 valence electrons. The van der Waals surface area contributed by atoms with Crippen LogP contribution in [0.25, 0.3) is 6.08 Å². The molecule has 0 heterocycles. The Morgan fingerprint density at radius 2 is 2.00 bits per heavy atom. The van der Waals surface area contributed by atoms with Gasteiger partial charge in [0, 0.05) is 18.6 Å². The van der Waals surface area contributed by atoms with Gasteiger partial charge >= 0.3 is 5.97 Å². The van der Waals surface area contributed by atoms with Crippen molar-refractivity contribution in [2.45, 2.75) is 6.92 Å². The lowest BCUT2D eigenvalue weighted by Crippen LogP contribution is -2.05. The molecule has 2 N–H and O–H groups in total. The first kappa shape index (κ1) is 11.0. The van der Waals surface area contributed by atoms with E-state index < -0.39 is 11.9 Å². The number of nitrogens with two attached hydrogens (primary N) is 1. The maximum atomic E-state index is 10.8. The van der Waals surface area contributed by atoms with E-state index in [0.717, 1.165) is 0 Å². The van der Waals surface area contributed by atoms with Gasteiger partial charge in [-0.2, -0.15) is 0 Å². The van der Waals surface area contributed by atoms with Gasteiger partial charge in [0.15, 0.2) is 0 Å². The summed E-state index contributed by atoms with van der Waals surface area (Å²) >= 11 is 0. The van der Waals surface area contributed by atoms with Gasteiger partial charge in [-0.1, -0.05) is 18.2 Å². The molecule has 1 rings (SSSR count). The molecule has 0 bridgehead atoms. The fourth-order valence-corrected chi connectivity index (χ4v) is 1.04. The zero-order chi connectivity index (χ0) is 11.3. The van der Waals surface area contributed by atoms with E-state index in [1.807, 2.05) is 0 Å². The third-order valence-electron chi connectivity index (χ3n) is 1.60. The summed E-state index contributed by atoms with van der Waals surface area (Å²) in [4.78, 5) is 21.3. The summed E-state index contributed by atoms with van der Waals surface area (Å²) in [7, 11) is 0. The van der Waals surface area contributed by atoms with E-state index >= 15 is 0 Å². The van der Waals surface area contributed by atoms with E-state index in [1.165, 1.54) is 19.1 Å². The topological polar surface area (TPSA) is 69.4 Å². The Labute approximate surface area is 87.3 Å². The molecule has 0 saturated heterocycles. The molecule has 1 aromatic rings. The summed E-state index contributed by atoms with van der Waals surface area (Å²) in [5.41, 5.74) is 5.59. The Balaban J connectivity index is 2.95. The predicted molar refractivity (Wildman–Crippen MR) is 56.0 cm³/mol. The summed E-state index contributed by atoms with van der Waals surface area (Å²) in [6.45, 7) is 1.31. The first-order valence-electron chi connectivity index (χ1n) is 4.34. The minimum atomic E-state index is -0.548. The van der Waals surface area contributed by atoms with Crippen molar-refractivity contribution >= 4 is 18.0 Å². The van der Waals surface area contributed by atoms with Crippen LogP contribution in [0.5, 0.6) is 5.75 Å². The lowest BCUT2D eigenvalue weighted by molar-refractivity contribution is -0.131. The zero-order valence-electron chi connectivity index (χ0n) is 8.27. The molecule has 0 unspecified atom stereocenters. The number of ether oxygens (including phenoxy) is 1. The normalized spacial score (nSPS) is 10.2. The lowest BCUT2D eigenvalue weighted by Gasteiger charge is -2.04. The third-order valence-corrected chi connectivity index (χ3v) is 1.60. The van der Waals surface area contributed by atoms with Crippen LogP contribution >= 0.6 is 0 Å². The second-order valence-electron chi connectivity index (χ2n) is 2.87. The highest BCUT2D eigenvalue weighted by Crippen LogP contribution is 2.19. The van der Waals surface area contributed by atoms with E-state index in [1.54, 1.807) is 24.3 Å². The monoisotopic (exact) mass is 205 g/mol. The molecule has 4 heteroatoms. The van der Waals surface area contributed by atoms with Crippen LogP contribution in [0.3, 0.4) is 0 Å². The first-order chi connectivity index (χ1) is 7.09. The van der Waals surface area contributed by atoms with E-state index in [4.69, 9.17) is 10.5 Å². The molecule has 0 fully saturated rings. The molecule has 0 atom stereocenters. The van der Waals surface area contributed by atoms with E-state index in [-0.39, 0.29) is 0 Å². The van der Waals surface area contributed by atoms with E-state index in [9.17, 15) is 9.59 Å². The van der Waals surface area contributed by atoms with Crippen molar-refractivity contribution in [3.63, 3.8) is 0 Å². The number of carbonyl (C=O) groups is 2. The third kappa shape index (κ3) is 3.64. The number of benzene rings is 1. The van der Waals surface area contributed by atoms with Gasteiger partial charge in [-0.05, 0) is 12.1 Å². The fraction of sp³-hybridized carbons (Fsp3) is 0.0909. The second-order valence-corrected chi connectivity index (χ2v) is 2.87. The van der Waals surface area contributed by atoms with Gasteiger partial charge in [-0.15, -0.1) is 0 Å². The van der Waals surface area contributed by atoms with Crippen molar-refractivity contribution < 1.29 is 14.3 Å². The van der Waals surface area contributed by atoms with E-state index in [2.05, 4.69) is 0 Å². The van der Waals surface area contributed by atoms with Gasteiger partial charge in [0.25, 0.3) is 0 Å². The largest absolute Gasteiger partial charge is 0.426 e. The van der Waals surface area contributed by atoms with Crippen molar-refractivity contribution in [1.82, 2.24) is 0 Å². The smallest absolute Gasteiger partial charge is 0.308 e. The Hall–Kier alpha value is -2.10. The minimum absolute atomic E-state index is 0.405. The number of amides is 1. The number of carbonyl (C=O) groups excluding carboxylic acids is 2. The number of rotatable bonds is 3. The van der Waals surface area contributed by atoms with Crippen molar-refractivity contribution in [2.75, 3.05) is 0 Å². The highest BCUT2D eigenvalue weighted by Gasteiger charge is 2.02. The molecule has 0 aliphatic heterocycles. The summed E-state index contributed by atoms with van der Waals surface area (Å²) in [5, 5.41) is 0. The van der Waals surface area contributed by atoms with Crippen LogP contribution < -0.4 is 10.5 Å². The first-order valence-corrected chi connectivity index (χ1v) is 4.34. The van der Waals surface area contributed by atoms with Crippen LogP contribution in [-0.4, -0.2) is 11.9 Å². The Bertz CT molecular complexity index is 410.